The molecule has 2 fully saturated rings. The number of hydrogen-bond acceptors (Lipinski definition) is 4. The number of ketones is 1. The Morgan fingerprint density at radius 1 is 1.10 bits per heavy atom. The summed E-state index contributed by atoms with van der Waals surface area (Å²) in [6.45, 7) is 4.68. The largest absolute Gasteiger partial charge is 0.370 e. The molecule has 3 rings (SSSR count). The molecule has 0 spiro atoms. The molecule has 0 aromatic heterocycles. The van der Waals surface area contributed by atoms with Gasteiger partial charge in [-0.05, 0) is 25.3 Å². The average Bonchev–Trinajstić information content (AvgIpc) is 2.92. The molecule has 30 heavy (non-hydrogen) atoms. The number of ether oxygens (including phenoxy) is 1. The van der Waals surface area contributed by atoms with Crippen molar-refractivity contribution < 1.29 is 19.1 Å². The zero-order chi connectivity index (χ0) is 21.5. The summed E-state index contributed by atoms with van der Waals surface area (Å²) in [6, 6.07) is 10.2. The minimum Gasteiger partial charge on any atom is -0.370 e. The lowest BCUT2D eigenvalue weighted by Crippen LogP contribution is -2.46. The molecule has 2 amide bonds. The van der Waals surface area contributed by atoms with Gasteiger partial charge in [-0.25, -0.2) is 0 Å². The fourth-order valence-electron chi connectivity index (χ4n) is 4.31. The Labute approximate surface area is 179 Å². The maximum Gasteiger partial charge on any atom is 0.242 e. The van der Waals surface area contributed by atoms with E-state index < -0.39 is 0 Å². The zero-order valence-electron chi connectivity index (χ0n) is 18.2. The summed E-state index contributed by atoms with van der Waals surface area (Å²) >= 11 is 0. The topological polar surface area (TPSA) is 66.9 Å². The predicted octanol–water partition coefficient (Wildman–Crippen LogP) is 3.19. The summed E-state index contributed by atoms with van der Waals surface area (Å²) in [6.07, 6.45) is 5.44. The molecule has 6 nitrogen and oxygen atoms in total. The van der Waals surface area contributed by atoms with Gasteiger partial charge in [0.15, 0.2) is 0 Å². The number of amides is 2. The quantitative estimate of drug-likeness (QED) is 0.687. The van der Waals surface area contributed by atoms with E-state index in [1.54, 1.807) is 11.8 Å². The molecule has 1 aliphatic carbocycles. The second kappa shape index (κ2) is 10.7. The number of Topliss-reactive ketones (excluding diaryl/α,β-unsaturated/α-hetero) is 1. The lowest BCUT2D eigenvalue weighted by molar-refractivity contribution is -0.141. The summed E-state index contributed by atoms with van der Waals surface area (Å²) in [4.78, 5) is 41.1. The SMILES string of the molecule is CC(=O)[C@H](C)CC(=O)N1CC(=O)N(C2CCCCC2)C[C@H](OCc2ccccc2)C1. The van der Waals surface area contributed by atoms with E-state index in [0.717, 1.165) is 31.2 Å². The molecule has 1 aromatic rings. The predicted molar refractivity (Wildman–Crippen MR) is 115 cm³/mol. The Kier molecular flexibility index (Phi) is 8.02. The van der Waals surface area contributed by atoms with E-state index in [0.29, 0.717) is 19.7 Å². The normalized spacial score (nSPS) is 21.9. The van der Waals surface area contributed by atoms with Crippen molar-refractivity contribution in [3.8, 4) is 0 Å². The van der Waals surface area contributed by atoms with E-state index in [9.17, 15) is 14.4 Å². The Morgan fingerprint density at radius 2 is 1.80 bits per heavy atom. The lowest BCUT2D eigenvalue weighted by atomic mass is 9.94. The molecular formula is C24H34N2O4. The van der Waals surface area contributed by atoms with Crippen molar-refractivity contribution in [3.63, 3.8) is 0 Å². The van der Waals surface area contributed by atoms with E-state index in [1.165, 1.54) is 13.3 Å². The molecule has 2 atom stereocenters. The van der Waals surface area contributed by atoms with E-state index in [1.807, 2.05) is 35.2 Å². The Hall–Kier alpha value is -2.21. The van der Waals surface area contributed by atoms with Gasteiger partial charge in [0, 0.05) is 31.5 Å². The van der Waals surface area contributed by atoms with Gasteiger partial charge >= 0.3 is 0 Å². The summed E-state index contributed by atoms with van der Waals surface area (Å²) in [5.74, 6) is -0.499. The van der Waals surface area contributed by atoms with Crippen molar-refractivity contribution in [2.24, 2.45) is 5.92 Å². The molecule has 2 aliphatic rings. The summed E-state index contributed by atoms with van der Waals surface area (Å²) in [7, 11) is 0. The Morgan fingerprint density at radius 3 is 2.47 bits per heavy atom. The average molecular weight is 415 g/mol. The van der Waals surface area contributed by atoms with Crippen molar-refractivity contribution >= 4 is 17.6 Å². The van der Waals surface area contributed by atoms with Gasteiger partial charge in [0.1, 0.15) is 5.78 Å². The van der Waals surface area contributed by atoms with E-state index in [2.05, 4.69) is 0 Å². The van der Waals surface area contributed by atoms with Crippen molar-refractivity contribution in [2.75, 3.05) is 19.6 Å². The standard InChI is InChI=1S/C24H34N2O4/c1-18(19(2)27)13-23(28)25-14-22(30-17-20-9-5-3-6-10-20)15-26(24(29)16-25)21-11-7-4-8-12-21/h3,5-6,9-10,18,21-22H,4,7-8,11-17H2,1-2H3/t18-,22-/m1/s1. The highest BCUT2D eigenvalue weighted by molar-refractivity contribution is 5.88. The second-order valence-corrected chi connectivity index (χ2v) is 8.75. The van der Waals surface area contributed by atoms with Crippen LogP contribution < -0.4 is 0 Å². The number of hydrogen-bond donors (Lipinski definition) is 0. The van der Waals surface area contributed by atoms with Gasteiger partial charge in [-0.1, -0.05) is 56.5 Å². The first-order valence-corrected chi connectivity index (χ1v) is 11.2. The summed E-state index contributed by atoms with van der Waals surface area (Å²) in [5.41, 5.74) is 1.07. The van der Waals surface area contributed by atoms with Gasteiger partial charge in [-0.15, -0.1) is 0 Å². The first-order chi connectivity index (χ1) is 14.4. The van der Waals surface area contributed by atoms with Gasteiger partial charge in [0.2, 0.25) is 11.8 Å². The minimum absolute atomic E-state index is 0.00320. The van der Waals surface area contributed by atoms with Crippen molar-refractivity contribution in [1.29, 1.82) is 0 Å². The first kappa shape index (κ1) is 22.5. The second-order valence-electron chi connectivity index (χ2n) is 8.75. The smallest absolute Gasteiger partial charge is 0.242 e. The molecule has 0 N–H and O–H groups in total. The van der Waals surface area contributed by atoms with Crippen LogP contribution in [0.5, 0.6) is 0 Å². The monoisotopic (exact) mass is 414 g/mol. The maximum atomic E-state index is 13.1. The third-order valence-electron chi connectivity index (χ3n) is 6.34. The molecule has 1 aliphatic heterocycles. The molecule has 1 aromatic carbocycles. The van der Waals surface area contributed by atoms with Crippen LogP contribution >= 0.6 is 0 Å². The number of benzene rings is 1. The molecule has 1 saturated carbocycles. The molecule has 6 heteroatoms. The fourth-order valence-corrected chi connectivity index (χ4v) is 4.31. The zero-order valence-corrected chi connectivity index (χ0v) is 18.2. The Balaban J connectivity index is 1.72. The van der Waals surface area contributed by atoms with Gasteiger partial charge in [-0.3, -0.25) is 14.4 Å². The highest BCUT2D eigenvalue weighted by Gasteiger charge is 2.35. The van der Waals surface area contributed by atoms with Gasteiger partial charge in [-0.2, -0.15) is 0 Å². The van der Waals surface area contributed by atoms with Crippen LogP contribution in [0.3, 0.4) is 0 Å². The fraction of sp³-hybridized carbons (Fsp3) is 0.625. The van der Waals surface area contributed by atoms with Gasteiger partial charge in [0.05, 0.1) is 19.3 Å². The molecule has 1 saturated heterocycles. The molecule has 0 radical (unpaired) electrons. The third-order valence-corrected chi connectivity index (χ3v) is 6.34. The number of carbonyl (C=O) groups is 3. The van der Waals surface area contributed by atoms with Crippen molar-refractivity contribution in [3.05, 3.63) is 35.9 Å². The highest BCUT2D eigenvalue weighted by Crippen LogP contribution is 2.25. The minimum atomic E-state index is -0.339. The van der Waals surface area contributed by atoms with Crippen LogP contribution in [-0.2, 0) is 25.7 Å². The van der Waals surface area contributed by atoms with E-state index in [4.69, 9.17) is 4.74 Å². The number of rotatable bonds is 7. The lowest BCUT2D eigenvalue weighted by Gasteiger charge is -2.34. The van der Waals surface area contributed by atoms with E-state index in [-0.39, 0.29) is 48.6 Å². The molecule has 0 unspecified atom stereocenters. The van der Waals surface area contributed by atoms with Crippen LogP contribution in [0.1, 0.15) is 57.9 Å². The van der Waals surface area contributed by atoms with Crippen LogP contribution in [0.4, 0.5) is 0 Å². The van der Waals surface area contributed by atoms with Crippen molar-refractivity contribution in [1.82, 2.24) is 9.80 Å². The number of nitrogens with zero attached hydrogens (tertiary/aromatic N) is 2. The van der Waals surface area contributed by atoms with Gasteiger partial charge in [0.25, 0.3) is 0 Å². The Bertz CT molecular complexity index is 730. The third kappa shape index (κ3) is 6.14. The highest BCUT2D eigenvalue weighted by atomic mass is 16.5. The van der Waals surface area contributed by atoms with Crippen LogP contribution in [0, 0.1) is 5.92 Å². The summed E-state index contributed by atoms with van der Waals surface area (Å²) in [5, 5.41) is 0. The molecule has 0 bridgehead atoms. The maximum absolute atomic E-state index is 13.1. The molecular weight excluding hydrogens is 380 g/mol. The number of carbonyl (C=O) groups excluding carboxylic acids is 3. The van der Waals surface area contributed by atoms with Crippen LogP contribution in [0.2, 0.25) is 0 Å². The van der Waals surface area contributed by atoms with Gasteiger partial charge < -0.3 is 14.5 Å². The van der Waals surface area contributed by atoms with Crippen LogP contribution in [0.15, 0.2) is 30.3 Å². The van der Waals surface area contributed by atoms with E-state index >= 15 is 0 Å². The summed E-state index contributed by atoms with van der Waals surface area (Å²) < 4.78 is 6.20. The van der Waals surface area contributed by atoms with Crippen LogP contribution in [-0.4, -0.2) is 59.2 Å². The first-order valence-electron chi connectivity index (χ1n) is 11.2. The van der Waals surface area contributed by atoms with Crippen LogP contribution in [0.25, 0.3) is 0 Å². The molecule has 164 valence electrons. The van der Waals surface area contributed by atoms with Crippen molar-refractivity contribution in [2.45, 2.75) is 71.1 Å². The molecule has 1 heterocycles.